The lowest BCUT2D eigenvalue weighted by atomic mass is 10.2. The van der Waals surface area contributed by atoms with Gasteiger partial charge in [-0.25, -0.2) is 4.39 Å². The average Bonchev–Trinajstić information content (AvgIpc) is 2.15. The highest BCUT2D eigenvalue weighted by Gasteiger charge is 2.09. The Hall–Kier alpha value is -0.980. The molecule has 0 saturated carbocycles. The van der Waals surface area contributed by atoms with E-state index in [2.05, 4.69) is 21.2 Å². The van der Waals surface area contributed by atoms with Crippen LogP contribution in [0.15, 0.2) is 22.7 Å². The molecule has 0 bridgehead atoms. The van der Waals surface area contributed by atoms with Crippen molar-refractivity contribution in [3.63, 3.8) is 0 Å². The Morgan fingerprint density at radius 2 is 2.25 bits per heavy atom. The fraction of sp³-hybridized carbons (Fsp3) is 0.300. The molecule has 0 aliphatic carbocycles. The first-order valence-electron chi connectivity index (χ1n) is 4.62. The van der Waals surface area contributed by atoms with Crippen LogP contribution in [0.5, 0.6) is 0 Å². The van der Waals surface area contributed by atoms with Gasteiger partial charge in [0.1, 0.15) is 11.9 Å². The number of nitrogens with two attached hydrogens (primary N) is 1. The second-order valence-electron chi connectivity index (χ2n) is 3.33. The summed E-state index contributed by atoms with van der Waals surface area (Å²) in [4.78, 5) is 10.5. The minimum atomic E-state index is -1.23. The van der Waals surface area contributed by atoms with Crippen molar-refractivity contribution in [2.75, 3.05) is 6.54 Å². The molecule has 16 heavy (non-hydrogen) atoms. The molecule has 0 heterocycles. The van der Waals surface area contributed by atoms with Crippen LogP contribution in [0.2, 0.25) is 0 Å². The number of carbonyl (C=O) groups excluding carboxylic acids is 1. The molecule has 1 rings (SSSR count). The molecule has 88 valence electrons. The molecule has 0 spiro atoms. The second kappa shape index (κ2) is 5.93. The number of amides is 1. The first-order chi connectivity index (χ1) is 7.49. The maximum Gasteiger partial charge on any atom is 0.247 e. The Morgan fingerprint density at radius 3 is 2.81 bits per heavy atom. The highest BCUT2D eigenvalue weighted by Crippen LogP contribution is 2.14. The van der Waals surface area contributed by atoms with E-state index in [0.29, 0.717) is 16.6 Å². The Balaban J connectivity index is 2.46. The lowest BCUT2D eigenvalue weighted by Gasteiger charge is -2.08. The van der Waals surface area contributed by atoms with Crippen LogP contribution in [0.1, 0.15) is 5.56 Å². The molecule has 4 nitrogen and oxygen atoms in total. The molecule has 1 aromatic carbocycles. The number of nitrogens with one attached hydrogen (secondary N) is 1. The molecule has 0 fully saturated rings. The zero-order chi connectivity index (χ0) is 12.1. The molecule has 0 saturated heterocycles. The van der Waals surface area contributed by atoms with Gasteiger partial charge in [-0.05, 0) is 23.8 Å². The third kappa shape index (κ3) is 4.26. The summed E-state index contributed by atoms with van der Waals surface area (Å²) in [6, 6.07) is 4.46. The van der Waals surface area contributed by atoms with Crippen molar-refractivity contribution in [3.05, 3.63) is 34.1 Å². The number of hydrogen-bond acceptors (Lipinski definition) is 3. The number of benzene rings is 1. The highest BCUT2D eigenvalue weighted by molar-refractivity contribution is 9.10. The Morgan fingerprint density at radius 1 is 1.56 bits per heavy atom. The second-order valence-corrected chi connectivity index (χ2v) is 4.24. The summed E-state index contributed by atoms with van der Waals surface area (Å²) >= 11 is 3.17. The van der Waals surface area contributed by atoms with Crippen molar-refractivity contribution in [2.24, 2.45) is 5.73 Å². The van der Waals surface area contributed by atoms with Crippen molar-refractivity contribution in [3.8, 4) is 0 Å². The maximum absolute atomic E-state index is 13.0. The summed E-state index contributed by atoms with van der Waals surface area (Å²) in [5, 5.41) is 11.9. The summed E-state index contributed by atoms with van der Waals surface area (Å²) < 4.78 is 13.6. The Bertz CT molecular complexity index is 367. The summed E-state index contributed by atoms with van der Waals surface area (Å²) in [6.45, 7) is 0.393. The zero-order valence-corrected chi connectivity index (χ0v) is 10.00. The van der Waals surface area contributed by atoms with Crippen LogP contribution in [-0.4, -0.2) is 23.7 Å². The molecule has 0 aliphatic heterocycles. The fourth-order valence-corrected chi connectivity index (χ4v) is 1.68. The van der Waals surface area contributed by atoms with Gasteiger partial charge in [-0.1, -0.05) is 15.9 Å². The molecular formula is C10H12BrFN2O2. The van der Waals surface area contributed by atoms with Gasteiger partial charge in [0.05, 0.1) is 0 Å². The molecule has 0 radical (unpaired) electrons. The molecule has 0 aliphatic rings. The molecule has 1 unspecified atom stereocenters. The van der Waals surface area contributed by atoms with Crippen molar-refractivity contribution < 1.29 is 14.3 Å². The van der Waals surface area contributed by atoms with E-state index in [4.69, 9.17) is 10.8 Å². The van der Waals surface area contributed by atoms with Crippen LogP contribution in [-0.2, 0) is 11.3 Å². The van der Waals surface area contributed by atoms with Crippen molar-refractivity contribution in [1.29, 1.82) is 0 Å². The van der Waals surface area contributed by atoms with Crippen molar-refractivity contribution in [1.82, 2.24) is 5.32 Å². The topological polar surface area (TPSA) is 75.4 Å². The van der Waals surface area contributed by atoms with Gasteiger partial charge >= 0.3 is 0 Å². The van der Waals surface area contributed by atoms with E-state index in [1.165, 1.54) is 12.1 Å². The standard InChI is InChI=1S/C10H12BrFN2O2/c11-7-1-6(2-8(12)3-7)4-14-5-9(15)10(13)16/h1-3,9,14-15H,4-5H2,(H2,13,16). The van der Waals surface area contributed by atoms with Crippen molar-refractivity contribution in [2.45, 2.75) is 12.6 Å². The van der Waals surface area contributed by atoms with Crippen LogP contribution in [0.3, 0.4) is 0 Å². The Labute approximate surface area is 101 Å². The van der Waals surface area contributed by atoms with Crippen molar-refractivity contribution >= 4 is 21.8 Å². The molecule has 1 amide bonds. The maximum atomic E-state index is 13.0. The molecule has 0 aromatic heterocycles. The van der Waals surface area contributed by atoms with Gasteiger partial charge in [0.25, 0.3) is 0 Å². The summed E-state index contributed by atoms with van der Waals surface area (Å²) in [7, 11) is 0. The van der Waals surface area contributed by atoms with Gasteiger partial charge in [-0.2, -0.15) is 0 Å². The van der Waals surface area contributed by atoms with E-state index in [0.717, 1.165) is 0 Å². The van der Waals surface area contributed by atoms with Gasteiger partial charge in [0.15, 0.2) is 0 Å². The summed E-state index contributed by atoms with van der Waals surface area (Å²) in [6.07, 6.45) is -1.23. The minimum Gasteiger partial charge on any atom is -0.382 e. The predicted octanol–water partition coefficient (Wildman–Crippen LogP) is 0.524. The van der Waals surface area contributed by atoms with E-state index in [-0.39, 0.29) is 12.4 Å². The highest BCUT2D eigenvalue weighted by atomic mass is 79.9. The first kappa shape index (κ1) is 13.1. The van der Waals surface area contributed by atoms with E-state index in [1.807, 2.05) is 0 Å². The number of carbonyl (C=O) groups is 1. The summed E-state index contributed by atoms with van der Waals surface area (Å²) in [5.74, 6) is -1.13. The number of rotatable bonds is 5. The zero-order valence-electron chi connectivity index (χ0n) is 8.41. The van der Waals surface area contributed by atoms with E-state index >= 15 is 0 Å². The first-order valence-corrected chi connectivity index (χ1v) is 5.41. The number of primary amides is 1. The molecule has 1 aromatic rings. The largest absolute Gasteiger partial charge is 0.382 e. The number of halogens is 2. The normalized spacial score (nSPS) is 12.4. The number of hydrogen-bond donors (Lipinski definition) is 3. The van der Waals surface area contributed by atoms with Gasteiger partial charge in [-0.3, -0.25) is 4.79 Å². The molecule has 6 heteroatoms. The summed E-state index contributed by atoms with van der Waals surface area (Å²) in [5.41, 5.74) is 5.58. The minimum absolute atomic E-state index is 0.0451. The number of aliphatic hydroxyl groups excluding tert-OH is 1. The predicted molar refractivity (Wildman–Crippen MR) is 61.0 cm³/mol. The van der Waals surface area contributed by atoms with Crippen LogP contribution < -0.4 is 11.1 Å². The molecule has 1 atom stereocenters. The third-order valence-electron chi connectivity index (χ3n) is 1.92. The SMILES string of the molecule is NC(=O)C(O)CNCc1cc(F)cc(Br)c1. The van der Waals surface area contributed by atoms with Gasteiger partial charge in [-0.15, -0.1) is 0 Å². The molecule has 4 N–H and O–H groups in total. The van der Waals surface area contributed by atoms with E-state index in [1.54, 1.807) is 6.07 Å². The average molecular weight is 291 g/mol. The van der Waals surface area contributed by atoms with Gasteiger partial charge in [0, 0.05) is 17.6 Å². The smallest absolute Gasteiger partial charge is 0.247 e. The lowest BCUT2D eigenvalue weighted by Crippen LogP contribution is -2.37. The van der Waals surface area contributed by atoms with E-state index in [9.17, 15) is 9.18 Å². The van der Waals surface area contributed by atoms with Crippen LogP contribution in [0.4, 0.5) is 4.39 Å². The van der Waals surface area contributed by atoms with Crippen LogP contribution in [0.25, 0.3) is 0 Å². The van der Waals surface area contributed by atoms with E-state index < -0.39 is 12.0 Å². The van der Waals surface area contributed by atoms with Crippen LogP contribution in [0, 0.1) is 5.82 Å². The number of aliphatic hydroxyl groups is 1. The van der Waals surface area contributed by atoms with Gasteiger partial charge in [0.2, 0.25) is 5.91 Å². The Kier molecular flexibility index (Phi) is 4.85. The lowest BCUT2D eigenvalue weighted by molar-refractivity contribution is -0.125. The monoisotopic (exact) mass is 290 g/mol. The van der Waals surface area contributed by atoms with Crippen LogP contribution >= 0.6 is 15.9 Å². The third-order valence-corrected chi connectivity index (χ3v) is 2.38. The molecular weight excluding hydrogens is 279 g/mol. The fourth-order valence-electron chi connectivity index (χ4n) is 1.17. The van der Waals surface area contributed by atoms with Gasteiger partial charge < -0.3 is 16.2 Å². The quantitative estimate of drug-likeness (QED) is 0.740.